The first kappa shape index (κ1) is 13.5. The predicted octanol–water partition coefficient (Wildman–Crippen LogP) is 1.44. The van der Waals surface area contributed by atoms with Gasteiger partial charge in [-0.05, 0) is 25.8 Å². The first-order valence-corrected chi connectivity index (χ1v) is 6.17. The molecule has 0 aliphatic carbocycles. The summed E-state index contributed by atoms with van der Waals surface area (Å²) >= 11 is 0. The van der Waals surface area contributed by atoms with Gasteiger partial charge in [-0.25, -0.2) is 0 Å². The minimum atomic E-state index is -0.131. The van der Waals surface area contributed by atoms with E-state index >= 15 is 0 Å². The Morgan fingerprint density at radius 1 is 1.50 bits per heavy atom. The number of rotatable bonds is 7. The SMILES string of the molecule is CCCN(CCC(=O)OC)CC1CCCO1. The second kappa shape index (κ2) is 7.63. The van der Waals surface area contributed by atoms with Crippen LogP contribution in [0.3, 0.4) is 0 Å². The van der Waals surface area contributed by atoms with Crippen molar-refractivity contribution in [3.8, 4) is 0 Å². The van der Waals surface area contributed by atoms with Crippen LogP contribution in [0.25, 0.3) is 0 Å². The van der Waals surface area contributed by atoms with Gasteiger partial charge in [-0.15, -0.1) is 0 Å². The van der Waals surface area contributed by atoms with Crippen LogP contribution in [0, 0.1) is 0 Å². The average Bonchev–Trinajstić information content (AvgIpc) is 2.78. The zero-order valence-electron chi connectivity index (χ0n) is 10.4. The molecule has 0 aromatic carbocycles. The number of esters is 1. The minimum absolute atomic E-state index is 0.131. The number of carbonyl (C=O) groups is 1. The summed E-state index contributed by atoms with van der Waals surface area (Å²) in [6.07, 6.45) is 4.26. The Labute approximate surface area is 97.9 Å². The number of ether oxygens (including phenoxy) is 2. The number of carbonyl (C=O) groups excluding carboxylic acids is 1. The fourth-order valence-corrected chi connectivity index (χ4v) is 2.04. The van der Waals surface area contributed by atoms with Crippen molar-refractivity contribution in [1.82, 2.24) is 4.90 Å². The molecule has 0 radical (unpaired) electrons. The molecule has 1 rings (SSSR count). The van der Waals surface area contributed by atoms with Gasteiger partial charge in [0.25, 0.3) is 0 Å². The van der Waals surface area contributed by atoms with E-state index in [2.05, 4.69) is 16.6 Å². The molecule has 0 bridgehead atoms. The van der Waals surface area contributed by atoms with Gasteiger partial charge in [0.1, 0.15) is 0 Å². The second-order valence-corrected chi connectivity index (χ2v) is 4.26. The second-order valence-electron chi connectivity index (χ2n) is 4.26. The lowest BCUT2D eigenvalue weighted by molar-refractivity contribution is -0.141. The first-order valence-electron chi connectivity index (χ1n) is 6.17. The molecule has 1 unspecified atom stereocenters. The Kier molecular flexibility index (Phi) is 6.42. The van der Waals surface area contributed by atoms with Gasteiger partial charge in [0.05, 0.1) is 19.6 Å². The lowest BCUT2D eigenvalue weighted by Crippen LogP contribution is -2.34. The molecule has 1 aliphatic heterocycles. The van der Waals surface area contributed by atoms with Crippen LogP contribution in [0.1, 0.15) is 32.6 Å². The van der Waals surface area contributed by atoms with Crippen molar-refractivity contribution in [3.63, 3.8) is 0 Å². The maximum atomic E-state index is 11.1. The minimum Gasteiger partial charge on any atom is -0.469 e. The summed E-state index contributed by atoms with van der Waals surface area (Å²) in [6, 6.07) is 0. The van der Waals surface area contributed by atoms with Gasteiger partial charge in [-0.3, -0.25) is 4.79 Å². The Morgan fingerprint density at radius 3 is 2.88 bits per heavy atom. The molecule has 0 spiro atoms. The number of hydrogen-bond acceptors (Lipinski definition) is 4. The normalized spacial score (nSPS) is 20.3. The molecule has 0 amide bonds. The quantitative estimate of drug-likeness (QED) is 0.619. The maximum absolute atomic E-state index is 11.1. The zero-order chi connectivity index (χ0) is 11.8. The highest BCUT2D eigenvalue weighted by molar-refractivity contribution is 5.69. The molecular formula is C12H23NO3. The van der Waals surface area contributed by atoms with Gasteiger partial charge < -0.3 is 14.4 Å². The third kappa shape index (κ3) is 4.94. The highest BCUT2D eigenvalue weighted by Gasteiger charge is 2.19. The molecule has 94 valence electrons. The van der Waals surface area contributed by atoms with E-state index in [4.69, 9.17) is 4.74 Å². The van der Waals surface area contributed by atoms with Gasteiger partial charge in [0, 0.05) is 19.7 Å². The molecular weight excluding hydrogens is 206 g/mol. The van der Waals surface area contributed by atoms with Crippen LogP contribution in [-0.2, 0) is 14.3 Å². The van der Waals surface area contributed by atoms with Crippen molar-refractivity contribution in [2.75, 3.05) is 33.4 Å². The van der Waals surface area contributed by atoms with Gasteiger partial charge >= 0.3 is 5.97 Å². The maximum Gasteiger partial charge on any atom is 0.306 e. The molecule has 0 aromatic rings. The van der Waals surface area contributed by atoms with Crippen LogP contribution in [-0.4, -0.2) is 50.3 Å². The van der Waals surface area contributed by atoms with Crippen LogP contribution in [0.5, 0.6) is 0 Å². The van der Waals surface area contributed by atoms with Crippen LogP contribution in [0.15, 0.2) is 0 Å². The van der Waals surface area contributed by atoms with E-state index in [1.165, 1.54) is 13.5 Å². The van der Waals surface area contributed by atoms with E-state index in [1.807, 2.05) is 0 Å². The Balaban J connectivity index is 2.25. The lowest BCUT2D eigenvalue weighted by atomic mass is 10.2. The van der Waals surface area contributed by atoms with Gasteiger partial charge in [0.15, 0.2) is 0 Å². The highest BCUT2D eigenvalue weighted by atomic mass is 16.5. The highest BCUT2D eigenvalue weighted by Crippen LogP contribution is 2.13. The van der Waals surface area contributed by atoms with E-state index in [0.717, 1.165) is 39.1 Å². The van der Waals surface area contributed by atoms with E-state index in [-0.39, 0.29) is 5.97 Å². The van der Waals surface area contributed by atoms with Gasteiger partial charge in [-0.1, -0.05) is 6.92 Å². The molecule has 1 atom stereocenters. The zero-order valence-corrected chi connectivity index (χ0v) is 10.4. The summed E-state index contributed by atoms with van der Waals surface area (Å²) in [4.78, 5) is 13.4. The standard InChI is InChI=1S/C12H23NO3/c1-3-7-13(8-6-12(14)15-2)10-11-5-4-9-16-11/h11H,3-10H2,1-2H3. The first-order chi connectivity index (χ1) is 7.76. The van der Waals surface area contributed by atoms with E-state index < -0.39 is 0 Å². The van der Waals surface area contributed by atoms with E-state index in [0.29, 0.717) is 12.5 Å². The summed E-state index contributed by atoms with van der Waals surface area (Å²) < 4.78 is 10.3. The van der Waals surface area contributed by atoms with Crippen molar-refractivity contribution >= 4 is 5.97 Å². The molecule has 4 nitrogen and oxygen atoms in total. The Morgan fingerprint density at radius 2 is 2.31 bits per heavy atom. The summed E-state index contributed by atoms with van der Waals surface area (Å²) in [5.74, 6) is -0.131. The van der Waals surface area contributed by atoms with Crippen LogP contribution in [0.4, 0.5) is 0 Å². The van der Waals surface area contributed by atoms with Crippen LogP contribution in [0.2, 0.25) is 0 Å². The molecule has 1 saturated heterocycles. The topological polar surface area (TPSA) is 38.8 Å². The Bertz CT molecular complexity index is 202. The van der Waals surface area contributed by atoms with E-state index in [9.17, 15) is 4.79 Å². The summed E-state index contributed by atoms with van der Waals surface area (Å²) in [6.45, 7) is 5.80. The third-order valence-corrected chi connectivity index (χ3v) is 2.89. The molecule has 1 heterocycles. The molecule has 1 aliphatic rings. The van der Waals surface area contributed by atoms with Crippen LogP contribution < -0.4 is 0 Å². The number of methoxy groups -OCH3 is 1. The number of nitrogens with zero attached hydrogens (tertiary/aromatic N) is 1. The smallest absolute Gasteiger partial charge is 0.306 e. The molecule has 0 saturated carbocycles. The average molecular weight is 229 g/mol. The number of hydrogen-bond donors (Lipinski definition) is 0. The van der Waals surface area contributed by atoms with Gasteiger partial charge in [0.2, 0.25) is 0 Å². The van der Waals surface area contributed by atoms with Crippen molar-refractivity contribution in [2.45, 2.75) is 38.7 Å². The summed E-state index contributed by atoms with van der Waals surface area (Å²) in [5.41, 5.74) is 0. The molecule has 0 N–H and O–H groups in total. The largest absolute Gasteiger partial charge is 0.469 e. The predicted molar refractivity (Wildman–Crippen MR) is 62.3 cm³/mol. The Hall–Kier alpha value is -0.610. The molecule has 1 fully saturated rings. The van der Waals surface area contributed by atoms with Gasteiger partial charge in [-0.2, -0.15) is 0 Å². The molecule has 4 heteroatoms. The molecule has 0 aromatic heterocycles. The fraction of sp³-hybridized carbons (Fsp3) is 0.917. The third-order valence-electron chi connectivity index (χ3n) is 2.89. The molecule has 16 heavy (non-hydrogen) atoms. The summed E-state index contributed by atoms with van der Waals surface area (Å²) in [5, 5.41) is 0. The van der Waals surface area contributed by atoms with Crippen molar-refractivity contribution in [3.05, 3.63) is 0 Å². The van der Waals surface area contributed by atoms with Crippen LogP contribution >= 0.6 is 0 Å². The lowest BCUT2D eigenvalue weighted by Gasteiger charge is -2.24. The van der Waals surface area contributed by atoms with Crippen molar-refractivity contribution in [2.24, 2.45) is 0 Å². The monoisotopic (exact) mass is 229 g/mol. The van der Waals surface area contributed by atoms with E-state index in [1.54, 1.807) is 0 Å². The summed E-state index contributed by atoms with van der Waals surface area (Å²) in [7, 11) is 1.44. The fourth-order valence-electron chi connectivity index (χ4n) is 2.04. The van der Waals surface area contributed by atoms with Crippen molar-refractivity contribution in [1.29, 1.82) is 0 Å². The van der Waals surface area contributed by atoms with Crippen molar-refractivity contribution < 1.29 is 14.3 Å².